The van der Waals surface area contributed by atoms with Crippen LogP contribution < -0.4 is 4.90 Å². The number of hydrogen-bond acceptors (Lipinski definition) is 2. The fraction of sp³-hybridized carbons (Fsp3) is 0.188. The van der Waals surface area contributed by atoms with E-state index in [1.54, 1.807) is 24.1 Å². The Morgan fingerprint density at radius 3 is 2.58 bits per heavy atom. The summed E-state index contributed by atoms with van der Waals surface area (Å²) in [5.41, 5.74) is 2.80. The highest BCUT2D eigenvalue weighted by molar-refractivity contribution is 6.01. The lowest BCUT2D eigenvalue weighted by atomic mass is 9.86. The second-order valence-corrected chi connectivity index (χ2v) is 4.84. The molecule has 0 aromatic heterocycles. The third kappa shape index (κ3) is 1.87. The van der Waals surface area contributed by atoms with Crippen molar-refractivity contribution in [2.75, 3.05) is 11.9 Å². The number of carbonyl (C=O) groups is 1. The van der Waals surface area contributed by atoms with Gasteiger partial charge < -0.3 is 10.0 Å². The minimum atomic E-state index is -0.305. The standard InChI is InChI=1S/C16H15NO2/c1-17-14-8-4-2-6-11(14)10-13(16(17)19)12-7-3-5-9-15(12)18/h2-9,13,18H,10H2,1H3. The summed E-state index contributed by atoms with van der Waals surface area (Å²) >= 11 is 0. The van der Waals surface area contributed by atoms with Gasteiger partial charge in [-0.05, 0) is 24.1 Å². The lowest BCUT2D eigenvalue weighted by Crippen LogP contribution is -2.37. The highest BCUT2D eigenvalue weighted by Gasteiger charge is 2.32. The summed E-state index contributed by atoms with van der Waals surface area (Å²) < 4.78 is 0. The SMILES string of the molecule is CN1C(=O)C(c2ccccc2O)Cc2ccccc21. The van der Waals surface area contributed by atoms with Crippen molar-refractivity contribution in [2.45, 2.75) is 12.3 Å². The molecule has 3 nitrogen and oxygen atoms in total. The molecule has 0 saturated heterocycles. The summed E-state index contributed by atoms with van der Waals surface area (Å²) in [5.74, 6) is -0.0880. The summed E-state index contributed by atoms with van der Waals surface area (Å²) in [6.45, 7) is 0. The second-order valence-electron chi connectivity index (χ2n) is 4.84. The minimum Gasteiger partial charge on any atom is -0.508 e. The van der Waals surface area contributed by atoms with Crippen LogP contribution in [0.25, 0.3) is 0 Å². The van der Waals surface area contributed by atoms with Crippen LogP contribution in [0.15, 0.2) is 48.5 Å². The predicted octanol–water partition coefficient (Wildman–Crippen LogP) is 2.69. The Morgan fingerprint density at radius 2 is 1.79 bits per heavy atom. The summed E-state index contributed by atoms with van der Waals surface area (Å²) in [5, 5.41) is 9.94. The molecule has 0 bridgehead atoms. The van der Waals surface area contributed by atoms with E-state index >= 15 is 0 Å². The average Bonchev–Trinajstić information content (AvgIpc) is 2.44. The van der Waals surface area contributed by atoms with E-state index in [0.29, 0.717) is 12.0 Å². The van der Waals surface area contributed by atoms with Gasteiger partial charge in [0.2, 0.25) is 5.91 Å². The van der Waals surface area contributed by atoms with E-state index in [2.05, 4.69) is 0 Å². The maximum absolute atomic E-state index is 12.5. The summed E-state index contributed by atoms with van der Waals surface area (Å²) in [4.78, 5) is 14.1. The number of para-hydroxylation sites is 2. The molecule has 0 aliphatic carbocycles. The van der Waals surface area contributed by atoms with Crippen molar-refractivity contribution in [3.8, 4) is 5.75 Å². The van der Waals surface area contributed by atoms with Gasteiger partial charge in [-0.25, -0.2) is 0 Å². The zero-order chi connectivity index (χ0) is 13.4. The normalized spacial score (nSPS) is 18.3. The molecule has 0 saturated carbocycles. The second kappa shape index (κ2) is 4.43. The van der Waals surface area contributed by atoms with E-state index < -0.39 is 0 Å². The highest BCUT2D eigenvalue weighted by Crippen LogP contribution is 2.37. The monoisotopic (exact) mass is 253 g/mol. The fourth-order valence-corrected chi connectivity index (χ4v) is 2.70. The van der Waals surface area contributed by atoms with Crippen LogP contribution in [0.5, 0.6) is 5.75 Å². The van der Waals surface area contributed by atoms with Gasteiger partial charge in [0.05, 0.1) is 5.92 Å². The zero-order valence-corrected chi connectivity index (χ0v) is 10.7. The predicted molar refractivity (Wildman–Crippen MR) is 74.4 cm³/mol. The van der Waals surface area contributed by atoms with Crippen LogP contribution in [0.2, 0.25) is 0 Å². The topological polar surface area (TPSA) is 40.5 Å². The number of amides is 1. The van der Waals surface area contributed by atoms with Crippen LogP contribution in [0.3, 0.4) is 0 Å². The summed E-state index contributed by atoms with van der Waals surface area (Å²) in [6, 6.07) is 15.0. The van der Waals surface area contributed by atoms with Crippen molar-refractivity contribution in [3.05, 3.63) is 59.7 Å². The van der Waals surface area contributed by atoms with E-state index in [4.69, 9.17) is 0 Å². The molecule has 1 atom stereocenters. The number of benzene rings is 2. The molecule has 0 spiro atoms. The van der Waals surface area contributed by atoms with Gasteiger partial charge in [-0.15, -0.1) is 0 Å². The number of carbonyl (C=O) groups excluding carboxylic acids is 1. The van der Waals surface area contributed by atoms with Crippen LogP contribution in [-0.2, 0) is 11.2 Å². The molecule has 0 radical (unpaired) electrons. The number of phenols is 1. The number of aromatic hydroxyl groups is 1. The molecule has 1 aliphatic heterocycles. The average molecular weight is 253 g/mol. The van der Waals surface area contributed by atoms with E-state index in [9.17, 15) is 9.90 Å². The van der Waals surface area contributed by atoms with E-state index in [1.165, 1.54) is 0 Å². The number of hydrogen-bond donors (Lipinski definition) is 1. The van der Waals surface area contributed by atoms with E-state index in [1.807, 2.05) is 36.4 Å². The minimum absolute atomic E-state index is 0.0280. The Labute approximate surface area is 112 Å². The number of phenolic OH excluding ortho intramolecular Hbond substituents is 1. The van der Waals surface area contributed by atoms with Gasteiger partial charge in [-0.1, -0.05) is 36.4 Å². The maximum Gasteiger partial charge on any atom is 0.234 e. The fourth-order valence-electron chi connectivity index (χ4n) is 2.70. The summed E-state index contributed by atoms with van der Waals surface area (Å²) in [6.07, 6.45) is 0.636. The van der Waals surface area contributed by atoms with Crippen LogP contribution in [-0.4, -0.2) is 18.1 Å². The van der Waals surface area contributed by atoms with Crippen molar-refractivity contribution in [2.24, 2.45) is 0 Å². The maximum atomic E-state index is 12.5. The lowest BCUT2D eigenvalue weighted by Gasteiger charge is -2.32. The molecule has 96 valence electrons. The van der Waals surface area contributed by atoms with Gasteiger partial charge in [0.1, 0.15) is 5.75 Å². The van der Waals surface area contributed by atoms with Crippen LogP contribution >= 0.6 is 0 Å². The van der Waals surface area contributed by atoms with Gasteiger partial charge in [-0.2, -0.15) is 0 Å². The van der Waals surface area contributed by atoms with Gasteiger partial charge in [-0.3, -0.25) is 4.79 Å². The number of anilines is 1. The van der Waals surface area contributed by atoms with Crippen LogP contribution in [0, 0.1) is 0 Å². The molecule has 1 heterocycles. The van der Waals surface area contributed by atoms with Gasteiger partial charge in [0.15, 0.2) is 0 Å². The van der Waals surface area contributed by atoms with Crippen LogP contribution in [0.1, 0.15) is 17.0 Å². The zero-order valence-electron chi connectivity index (χ0n) is 10.7. The smallest absolute Gasteiger partial charge is 0.234 e. The first kappa shape index (κ1) is 11.8. The third-order valence-corrected chi connectivity index (χ3v) is 3.72. The number of fused-ring (bicyclic) bond motifs is 1. The van der Waals surface area contributed by atoms with Gasteiger partial charge in [0.25, 0.3) is 0 Å². The number of nitrogens with zero attached hydrogens (tertiary/aromatic N) is 1. The van der Waals surface area contributed by atoms with Gasteiger partial charge >= 0.3 is 0 Å². The molecule has 2 aromatic rings. The molecule has 19 heavy (non-hydrogen) atoms. The molecule has 0 fully saturated rings. The first-order valence-corrected chi connectivity index (χ1v) is 6.32. The van der Waals surface area contributed by atoms with E-state index in [0.717, 1.165) is 11.3 Å². The summed E-state index contributed by atoms with van der Waals surface area (Å²) in [7, 11) is 1.79. The molecule has 1 aliphatic rings. The van der Waals surface area contributed by atoms with Crippen molar-refractivity contribution >= 4 is 11.6 Å². The number of likely N-dealkylation sites (N-methyl/N-ethyl adjacent to an activating group) is 1. The Bertz CT molecular complexity index is 636. The largest absolute Gasteiger partial charge is 0.508 e. The molecule has 1 N–H and O–H groups in total. The first-order valence-electron chi connectivity index (χ1n) is 6.32. The van der Waals surface area contributed by atoms with E-state index in [-0.39, 0.29) is 17.6 Å². The van der Waals surface area contributed by atoms with Crippen LogP contribution in [0.4, 0.5) is 5.69 Å². The third-order valence-electron chi connectivity index (χ3n) is 3.72. The molecular weight excluding hydrogens is 238 g/mol. The molecule has 1 amide bonds. The van der Waals surface area contributed by atoms with Gasteiger partial charge in [0, 0.05) is 18.3 Å². The highest BCUT2D eigenvalue weighted by atomic mass is 16.3. The van der Waals surface area contributed by atoms with Crippen molar-refractivity contribution in [1.29, 1.82) is 0 Å². The molecule has 1 unspecified atom stereocenters. The van der Waals surface area contributed by atoms with Crippen molar-refractivity contribution in [3.63, 3.8) is 0 Å². The molecule has 2 aromatic carbocycles. The molecule has 3 heteroatoms. The van der Waals surface area contributed by atoms with Crippen molar-refractivity contribution < 1.29 is 9.90 Å². The Morgan fingerprint density at radius 1 is 1.11 bits per heavy atom. The number of rotatable bonds is 1. The Hall–Kier alpha value is -2.29. The quantitative estimate of drug-likeness (QED) is 0.848. The molecule has 3 rings (SSSR count). The Kier molecular flexibility index (Phi) is 2.75. The first-order chi connectivity index (χ1) is 9.18. The Balaban J connectivity index is 2.07. The van der Waals surface area contributed by atoms with Crippen molar-refractivity contribution in [1.82, 2.24) is 0 Å². The lowest BCUT2D eigenvalue weighted by molar-refractivity contribution is -0.120. The molecular formula is C16H15NO2.